The number of carbonyl (C=O) groups is 2. The summed E-state index contributed by atoms with van der Waals surface area (Å²) in [7, 11) is 0. The number of hydrogen-bond donors (Lipinski definition) is 2. The maximum absolute atomic E-state index is 13.1. The van der Waals surface area contributed by atoms with E-state index in [-0.39, 0.29) is 0 Å². The standard InChI is InChI=1S/C18H17F3N2O4/c19-18(20,21)13-10-23(9-12(13)16(24)25)17(26)22-15(14-7-4-8-27-14)11-5-2-1-3-6-11/h1-8,12-13,15H,9-10H2,(H,22,26)(H,24,25)/t12-,13-,15?/m1/s1. The second-order valence-electron chi connectivity index (χ2n) is 6.31. The van der Waals surface area contributed by atoms with Crippen molar-refractivity contribution in [2.45, 2.75) is 12.2 Å². The van der Waals surface area contributed by atoms with Gasteiger partial charge < -0.3 is 19.7 Å². The van der Waals surface area contributed by atoms with E-state index in [9.17, 15) is 22.8 Å². The number of benzene rings is 1. The number of nitrogens with one attached hydrogen (secondary N) is 1. The van der Waals surface area contributed by atoms with Crippen molar-refractivity contribution in [3.8, 4) is 0 Å². The molecule has 1 saturated heterocycles. The molecule has 1 aliphatic rings. The molecule has 3 atom stereocenters. The van der Waals surface area contributed by atoms with Crippen LogP contribution in [0.3, 0.4) is 0 Å². The van der Waals surface area contributed by atoms with Gasteiger partial charge in [0.05, 0.1) is 18.1 Å². The molecule has 1 aromatic heterocycles. The van der Waals surface area contributed by atoms with E-state index in [4.69, 9.17) is 9.52 Å². The average molecular weight is 382 g/mol. The van der Waals surface area contributed by atoms with Gasteiger partial charge in [-0.2, -0.15) is 13.2 Å². The third-order valence-corrected chi connectivity index (χ3v) is 4.57. The number of furan rings is 1. The number of carboxylic acid groups (broad SMARTS) is 1. The molecule has 2 heterocycles. The lowest BCUT2D eigenvalue weighted by Crippen LogP contribution is -2.41. The second-order valence-corrected chi connectivity index (χ2v) is 6.31. The highest BCUT2D eigenvalue weighted by Crippen LogP contribution is 2.38. The predicted molar refractivity (Wildman–Crippen MR) is 87.8 cm³/mol. The average Bonchev–Trinajstić information content (AvgIpc) is 3.29. The number of rotatable bonds is 4. The van der Waals surface area contributed by atoms with Crippen LogP contribution < -0.4 is 5.32 Å². The van der Waals surface area contributed by atoms with Gasteiger partial charge >= 0.3 is 18.2 Å². The third-order valence-electron chi connectivity index (χ3n) is 4.57. The molecule has 0 saturated carbocycles. The first-order valence-corrected chi connectivity index (χ1v) is 8.20. The van der Waals surface area contributed by atoms with Crippen LogP contribution in [0.5, 0.6) is 0 Å². The summed E-state index contributed by atoms with van der Waals surface area (Å²) in [5.41, 5.74) is 0.683. The van der Waals surface area contributed by atoms with Crippen molar-refractivity contribution in [2.75, 3.05) is 13.1 Å². The van der Waals surface area contributed by atoms with Gasteiger partial charge in [0.1, 0.15) is 11.8 Å². The Morgan fingerprint density at radius 2 is 1.85 bits per heavy atom. The van der Waals surface area contributed by atoms with Gasteiger partial charge in [-0.25, -0.2) is 4.79 Å². The van der Waals surface area contributed by atoms with E-state index in [2.05, 4.69) is 5.32 Å². The maximum Gasteiger partial charge on any atom is 0.394 e. The molecule has 144 valence electrons. The van der Waals surface area contributed by atoms with Crippen molar-refractivity contribution in [1.82, 2.24) is 10.2 Å². The molecular formula is C18H17F3N2O4. The summed E-state index contributed by atoms with van der Waals surface area (Å²) >= 11 is 0. The quantitative estimate of drug-likeness (QED) is 0.850. The molecule has 0 radical (unpaired) electrons. The molecule has 2 amide bonds. The van der Waals surface area contributed by atoms with Gasteiger partial charge in [-0.15, -0.1) is 0 Å². The van der Waals surface area contributed by atoms with Gasteiger partial charge in [0.15, 0.2) is 0 Å². The van der Waals surface area contributed by atoms with Crippen LogP contribution in [0, 0.1) is 11.8 Å². The number of halogens is 3. The molecule has 2 N–H and O–H groups in total. The van der Waals surface area contributed by atoms with Crippen LogP contribution in [0.1, 0.15) is 17.4 Å². The normalized spacial score (nSPS) is 21.1. The van der Waals surface area contributed by atoms with E-state index in [0.717, 1.165) is 4.90 Å². The monoisotopic (exact) mass is 382 g/mol. The Morgan fingerprint density at radius 3 is 2.37 bits per heavy atom. The molecule has 0 spiro atoms. The summed E-state index contributed by atoms with van der Waals surface area (Å²) in [6, 6.07) is 10.6. The number of carbonyl (C=O) groups excluding carboxylic acids is 1. The van der Waals surface area contributed by atoms with E-state index in [1.165, 1.54) is 6.26 Å². The SMILES string of the molecule is O=C(O)[C@@H]1CN(C(=O)NC(c2ccccc2)c2ccco2)C[C@H]1C(F)(F)F. The molecule has 6 nitrogen and oxygen atoms in total. The maximum atomic E-state index is 13.1. The number of likely N-dealkylation sites (tertiary alicyclic amines) is 1. The lowest BCUT2D eigenvalue weighted by Gasteiger charge is -2.23. The largest absolute Gasteiger partial charge is 0.481 e. The topological polar surface area (TPSA) is 82.8 Å². The van der Waals surface area contributed by atoms with Crippen LogP contribution in [0.15, 0.2) is 53.1 Å². The van der Waals surface area contributed by atoms with Crippen molar-refractivity contribution in [1.29, 1.82) is 0 Å². The zero-order valence-corrected chi connectivity index (χ0v) is 14.0. The summed E-state index contributed by atoms with van der Waals surface area (Å²) in [5.74, 6) is -4.94. The summed E-state index contributed by atoms with van der Waals surface area (Å²) in [6.07, 6.45) is -3.27. The van der Waals surface area contributed by atoms with Crippen molar-refractivity contribution in [3.63, 3.8) is 0 Å². The van der Waals surface area contributed by atoms with E-state index < -0.39 is 49.1 Å². The van der Waals surface area contributed by atoms with Crippen LogP contribution in [0.4, 0.5) is 18.0 Å². The van der Waals surface area contributed by atoms with Crippen molar-refractivity contribution >= 4 is 12.0 Å². The number of urea groups is 1. The van der Waals surface area contributed by atoms with E-state index in [1.54, 1.807) is 42.5 Å². The molecule has 0 aliphatic carbocycles. The second kappa shape index (κ2) is 7.34. The number of hydrogen-bond acceptors (Lipinski definition) is 3. The zero-order valence-electron chi connectivity index (χ0n) is 14.0. The molecular weight excluding hydrogens is 365 g/mol. The Balaban J connectivity index is 1.79. The Labute approximate surface area is 152 Å². The van der Waals surface area contributed by atoms with E-state index in [1.807, 2.05) is 0 Å². The van der Waals surface area contributed by atoms with Crippen molar-refractivity contribution in [2.24, 2.45) is 11.8 Å². The molecule has 3 rings (SSSR count). The Kier molecular flexibility index (Phi) is 5.11. The minimum atomic E-state index is -4.70. The molecule has 1 aromatic carbocycles. The molecule has 1 fully saturated rings. The molecule has 9 heteroatoms. The first-order valence-electron chi connectivity index (χ1n) is 8.20. The minimum Gasteiger partial charge on any atom is -0.481 e. The Bertz CT molecular complexity index is 793. The molecule has 27 heavy (non-hydrogen) atoms. The lowest BCUT2D eigenvalue weighted by atomic mass is 9.96. The summed E-state index contributed by atoms with van der Waals surface area (Å²) in [4.78, 5) is 24.6. The van der Waals surface area contributed by atoms with Crippen LogP contribution in [-0.2, 0) is 4.79 Å². The first kappa shape index (κ1) is 18.8. The summed E-state index contributed by atoms with van der Waals surface area (Å²) in [6.45, 7) is -1.21. The zero-order chi connectivity index (χ0) is 19.6. The number of amides is 2. The van der Waals surface area contributed by atoms with Crippen molar-refractivity contribution < 1.29 is 32.3 Å². The summed E-state index contributed by atoms with van der Waals surface area (Å²) in [5, 5.41) is 11.7. The van der Waals surface area contributed by atoms with Gasteiger partial charge in [0.25, 0.3) is 0 Å². The van der Waals surface area contributed by atoms with Gasteiger partial charge in [-0.05, 0) is 17.7 Å². The molecule has 1 unspecified atom stereocenters. The number of carboxylic acids is 1. The fourth-order valence-corrected chi connectivity index (χ4v) is 3.19. The number of aliphatic carboxylic acids is 1. The van der Waals surface area contributed by atoms with Crippen molar-refractivity contribution in [3.05, 3.63) is 60.1 Å². The summed E-state index contributed by atoms with van der Waals surface area (Å²) < 4.78 is 44.7. The Morgan fingerprint density at radius 1 is 1.15 bits per heavy atom. The molecule has 1 aliphatic heterocycles. The highest BCUT2D eigenvalue weighted by Gasteiger charge is 2.53. The first-order chi connectivity index (χ1) is 12.8. The van der Waals surface area contributed by atoms with Crippen LogP contribution in [0.25, 0.3) is 0 Å². The minimum absolute atomic E-state index is 0.413. The fourth-order valence-electron chi connectivity index (χ4n) is 3.19. The highest BCUT2D eigenvalue weighted by atomic mass is 19.4. The van der Waals surface area contributed by atoms with Gasteiger partial charge in [0.2, 0.25) is 0 Å². The van der Waals surface area contributed by atoms with E-state index in [0.29, 0.717) is 11.3 Å². The number of nitrogens with zero attached hydrogens (tertiary/aromatic N) is 1. The Hall–Kier alpha value is -2.97. The molecule has 2 aromatic rings. The fraction of sp³-hybridized carbons (Fsp3) is 0.333. The van der Waals surface area contributed by atoms with E-state index >= 15 is 0 Å². The van der Waals surface area contributed by atoms with Crippen LogP contribution in [-0.4, -0.2) is 41.3 Å². The predicted octanol–water partition coefficient (Wildman–Crippen LogP) is 3.27. The van der Waals surface area contributed by atoms with Gasteiger partial charge in [-0.3, -0.25) is 4.79 Å². The van der Waals surface area contributed by atoms with Crippen LogP contribution in [0.2, 0.25) is 0 Å². The van der Waals surface area contributed by atoms with Gasteiger partial charge in [-0.1, -0.05) is 30.3 Å². The molecule has 0 bridgehead atoms. The highest BCUT2D eigenvalue weighted by molar-refractivity contribution is 5.78. The number of alkyl halides is 3. The van der Waals surface area contributed by atoms with Gasteiger partial charge in [0, 0.05) is 13.1 Å². The van der Waals surface area contributed by atoms with Crippen LogP contribution >= 0.6 is 0 Å². The third kappa shape index (κ3) is 4.07. The lowest BCUT2D eigenvalue weighted by molar-refractivity contribution is -0.187. The smallest absolute Gasteiger partial charge is 0.394 e.